The Morgan fingerprint density at radius 3 is 2.32 bits per heavy atom. The molecule has 1 aromatic heterocycles. The van der Waals surface area contributed by atoms with Crippen LogP contribution >= 0.6 is 0 Å². The van der Waals surface area contributed by atoms with Gasteiger partial charge >= 0.3 is 0 Å². The van der Waals surface area contributed by atoms with E-state index in [4.69, 9.17) is 0 Å². The zero-order valence-electron chi connectivity index (χ0n) is 18.9. The average Bonchev–Trinajstić information content (AvgIpc) is 3.02. The summed E-state index contributed by atoms with van der Waals surface area (Å²) in [6, 6.07) is 4.10. The second kappa shape index (κ2) is 8.17. The van der Waals surface area contributed by atoms with Gasteiger partial charge in [0.05, 0.1) is 5.25 Å². The fraction of sp³-hybridized carbons (Fsp3) is 0.636. The molecule has 0 saturated heterocycles. The van der Waals surface area contributed by atoms with E-state index < -0.39 is 15.3 Å². The van der Waals surface area contributed by atoms with E-state index in [-0.39, 0.29) is 95.6 Å². The first kappa shape index (κ1) is 22.9. The summed E-state index contributed by atoms with van der Waals surface area (Å²) < 4.78 is 27.6. The highest BCUT2D eigenvalue weighted by Crippen LogP contribution is 2.36. The van der Waals surface area contributed by atoms with Gasteiger partial charge in [0.1, 0.15) is 0 Å². The predicted molar refractivity (Wildman–Crippen MR) is 244 cm³/mol. The van der Waals surface area contributed by atoms with Gasteiger partial charge in [-0.2, -0.15) is 0 Å². The summed E-state index contributed by atoms with van der Waals surface area (Å²) in [4.78, 5) is 5.70. The van der Waals surface area contributed by atoms with Crippen LogP contribution in [0.4, 0.5) is 0 Å². The highest BCUT2D eigenvalue weighted by Gasteiger charge is 2.31. The first-order valence-corrected chi connectivity index (χ1v) is 11.6. The minimum Gasteiger partial charge on any atom is -0.361 e. The topological polar surface area (TPSA) is 56.4 Å². The molecule has 2 rings (SSSR count). The van der Waals surface area contributed by atoms with Crippen molar-refractivity contribution in [2.24, 2.45) is 0 Å². The third-order valence-electron chi connectivity index (χ3n) is 6.02. The molecule has 1 heterocycles. The van der Waals surface area contributed by atoms with Crippen LogP contribution < -0.4 is 0 Å². The highest BCUT2D eigenvalue weighted by molar-refractivity contribution is 7.89. The Morgan fingerprint density at radius 1 is 1.18 bits per heavy atom. The molecule has 1 N–H and O–H groups in total. The van der Waals surface area contributed by atoms with Crippen molar-refractivity contribution in [3.05, 3.63) is 35.0 Å². The number of aryl methyl sites for hydroxylation is 1. The molecule has 0 spiro atoms. The molecule has 1 aromatic carbocycles. The molecule has 0 aliphatic carbocycles. The van der Waals surface area contributed by atoms with E-state index in [1.54, 1.807) is 14.0 Å². The second-order valence-corrected chi connectivity index (χ2v) is 11.3. The van der Waals surface area contributed by atoms with Gasteiger partial charge < -0.3 is 9.88 Å². The largest absolute Gasteiger partial charge is 0.361 e. The van der Waals surface area contributed by atoms with Crippen molar-refractivity contribution in [2.75, 3.05) is 27.2 Å². The summed E-state index contributed by atoms with van der Waals surface area (Å²) in [5.74, 6) is 0. The van der Waals surface area contributed by atoms with E-state index in [2.05, 4.69) is 56.0 Å². The zero-order valence-corrected chi connectivity index (χ0v) is 19.7. The molecular weight excluding hydrogens is 370 g/mol. The Hall–Kier alpha value is -1.37. The molecule has 0 aliphatic rings. The lowest BCUT2D eigenvalue weighted by atomic mass is 9.83. The molecule has 276 valence electrons. The van der Waals surface area contributed by atoms with Crippen LogP contribution in [0.25, 0.3) is 10.9 Å². The van der Waals surface area contributed by atoms with Crippen LogP contribution in [-0.4, -0.2) is 55.8 Å². The highest BCUT2D eigenvalue weighted by atomic mass is 32.2. The van der Waals surface area contributed by atoms with Gasteiger partial charge in [0, 0.05) is 126 Å². The van der Waals surface area contributed by atoms with Crippen LogP contribution in [0, 0.1) is 6.92 Å². The van der Waals surface area contributed by atoms with Crippen LogP contribution in [0.2, 0.25) is 0 Å². The molecular formula is C22H155N3O2S. The Balaban J connectivity index is -0.00000000255. The number of aromatic nitrogens is 1. The van der Waals surface area contributed by atoms with E-state index >= 15 is 0 Å². The molecule has 5 nitrogen and oxygen atoms in total. The maximum Gasteiger partial charge on any atom is 0.220 e. The van der Waals surface area contributed by atoms with Gasteiger partial charge in [-0.15, -0.1) is 0 Å². The summed E-state index contributed by atoms with van der Waals surface area (Å²) in [5, 5.41) is 0.526. The van der Waals surface area contributed by atoms with Crippen molar-refractivity contribution in [1.29, 1.82) is 0 Å². The van der Waals surface area contributed by atoms with E-state index in [1.165, 1.54) is 9.87 Å². The smallest absolute Gasteiger partial charge is 0.220 e. The van der Waals surface area contributed by atoms with Crippen LogP contribution in [0.5, 0.6) is 0 Å². The van der Waals surface area contributed by atoms with E-state index in [9.17, 15) is 8.42 Å². The van der Waals surface area contributed by atoms with Gasteiger partial charge in [0.15, 0.2) is 0 Å². The Kier molecular flexibility index (Phi) is 6.68. The van der Waals surface area contributed by atoms with Crippen molar-refractivity contribution >= 4 is 20.9 Å². The Bertz CT molecular complexity index is 1010. The Labute approximate surface area is 258 Å². The summed E-state index contributed by atoms with van der Waals surface area (Å²) in [5.41, 5.74) is 4.11. The fourth-order valence-electron chi connectivity index (χ4n) is 3.87. The molecule has 1 atom stereocenters. The van der Waals surface area contributed by atoms with Crippen LogP contribution in [0.15, 0.2) is 18.3 Å². The second-order valence-electron chi connectivity index (χ2n) is 8.97. The number of rotatable bonds is 8. The number of fused-ring (bicyclic) bond motifs is 1. The first-order chi connectivity index (χ1) is 12.8. The molecule has 6 heteroatoms. The van der Waals surface area contributed by atoms with Crippen LogP contribution in [0.1, 0.15) is 148 Å². The average molecular weight is 527 g/mol. The number of aromatic amines is 1. The number of benzene rings is 1. The monoisotopic (exact) mass is 526 g/mol. The van der Waals surface area contributed by atoms with Crippen molar-refractivity contribution < 1.29 is 92.6 Å². The minimum absolute atomic E-state index is 0. The summed E-state index contributed by atoms with van der Waals surface area (Å²) in [6.07, 6.45) is 2.08. The lowest BCUT2D eigenvalue weighted by Gasteiger charge is -2.30. The third kappa shape index (κ3) is 4.29. The Morgan fingerprint density at radius 2 is 1.79 bits per heavy atom. The molecule has 0 bridgehead atoms. The summed E-state index contributed by atoms with van der Waals surface area (Å²) in [7, 11) is 0.368. The van der Waals surface area contributed by atoms with Gasteiger partial charge in [-0.3, -0.25) is 0 Å². The van der Waals surface area contributed by atoms with Crippen molar-refractivity contribution in [1.82, 2.24) is 14.2 Å². The van der Waals surface area contributed by atoms with Crippen molar-refractivity contribution in [3.8, 4) is 0 Å². The standard InChI is InChI=1S/C22H37N3O2S.59H2/c1-10-24(8)14-22(6,7)20-13-23-21-11-16(4)18(12-19(20)21)17(5)28(26,27)25(9)15(2)3;;;;;;;;;;;;;;;;;;;;;;;;;;;;;;;;;;;;;;;;;;;;;;;;;;;;;;;;;;;/h11-13,15,17,23H,10,14H2,1-9H3;59*1H. The number of nitrogens with zero attached hydrogens (tertiary/aromatic N) is 2. The molecule has 0 aliphatic heterocycles. The zero-order chi connectivity index (χ0) is 21.4. The number of likely N-dealkylation sites (N-methyl/N-ethyl adjacent to an activating group) is 1. The summed E-state index contributed by atoms with van der Waals surface area (Å²) in [6.45, 7) is 16.2. The van der Waals surface area contributed by atoms with Crippen LogP contribution in [0.3, 0.4) is 0 Å². The minimum atomic E-state index is -3.42. The molecule has 0 amide bonds. The molecule has 2 aromatic rings. The summed E-state index contributed by atoms with van der Waals surface area (Å²) >= 11 is 0. The van der Waals surface area contributed by atoms with E-state index in [0.717, 1.165) is 35.1 Å². The van der Waals surface area contributed by atoms with Gasteiger partial charge in [-0.05, 0) is 70.1 Å². The predicted octanol–water partition coefficient (Wildman–Crippen LogP) is 19.0. The van der Waals surface area contributed by atoms with Crippen LogP contribution in [-0.2, 0) is 15.4 Å². The van der Waals surface area contributed by atoms with E-state index in [0.29, 0.717) is 0 Å². The third-order valence-corrected chi connectivity index (χ3v) is 8.39. The lowest BCUT2D eigenvalue weighted by molar-refractivity contribution is 0.281. The number of hydrogen-bond acceptors (Lipinski definition) is 3. The van der Waals surface area contributed by atoms with Gasteiger partial charge in [-0.25, -0.2) is 12.7 Å². The number of H-pyrrole nitrogens is 1. The first-order valence-electron chi connectivity index (χ1n) is 10.1. The number of nitrogens with one attached hydrogen (secondary N) is 1. The molecule has 0 saturated carbocycles. The van der Waals surface area contributed by atoms with Gasteiger partial charge in [-0.1, -0.05) is 20.8 Å². The quantitative estimate of drug-likeness (QED) is 0.372. The van der Waals surface area contributed by atoms with Crippen molar-refractivity contribution in [3.63, 3.8) is 0 Å². The molecule has 0 fully saturated rings. The van der Waals surface area contributed by atoms with Gasteiger partial charge in [0.2, 0.25) is 10.0 Å². The SMILES string of the molecule is CCN(C)CC(C)(C)c1c[nH]c2cc(C)c(C(C)S(=O)(=O)N(C)C(C)C)cc12.[HH].[HH].[HH].[HH].[HH].[HH].[HH].[HH].[HH].[HH].[HH].[HH].[HH].[HH].[HH].[HH].[HH].[HH].[HH].[HH].[HH].[HH].[HH].[HH].[HH].[HH].[HH].[HH].[HH].[HH].[HH].[HH].[HH].[HH].[HH].[HH].[HH].[HH].[HH].[HH].[HH].[HH].[HH].[HH].[HH].[HH].[HH].[HH].[HH].[HH].[HH].[HH].[HH].[HH].[HH].[HH].[HH].[HH].[HH]. The lowest BCUT2D eigenvalue weighted by Crippen LogP contribution is -2.36. The number of sulfonamides is 1. The molecule has 0 radical (unpaired) electrons. The molecule has 1 unspecified atom stereocenters. The maximum absolute atomic E-state index is 13.1. The van der Waals surface area contributed by atoms with Crippen molar-refractivity contribution in [2.45, 2.75) is 65.2 Å². The maximum atomic E-state index is 13.1. The fourth-order valence-corrected chi connectivity index (χ4v) is 5.53. The van der Waals surface area contributed by atoms with E-state index in [1.807, 2.05) is 20.8 Å². The number of hydrogen-bond donors (Lipinski definition) is 1. The molecule has 28 heavy (non-hydrogen) atoms. The van der Waals surface area contributed by atoms with Gasteiger partial charge in [0.25, 0.3) is 0 Å². The normalized spacial score (nSPS) is 14.6.